The first-order chi connectivity index (χ1) is 13.0. The molecule has 0 bridgehead atoms. The Labute approximate surface area is 177 Å². The zero-order valence-electron chi connectivity index (χ0n) is 15.1. The Hall–Kier alpha value is -0.740. The summed E-state index contributed by atoms with van der Waals surface area (Å²) >= 11 is 1.05. The lowest BCUT2D eigenvalue weighted by atomic mass is 10.0. The van der Waals surface area contributed by atoms with E-state index in [1.807, 2.05) is 6.92 Å². The third-order valence-corrected chi connectivity index (χ3v) is 10.8. The molecule has 12 heteroatoms. The highest BCUT2D eigenvalue weighted by atomic mass is 128. The molecule has 1 aromatic rings. The van der Waals surface area contributed by atoms with Crippen molar-refractivity contribution in [1.82, 2.24) is 13.8 Å². The van der Waals surface area contributed by atoms with Crippen LogP contribution in [0.1, 0.15) is 28.7 Å². The summed E-state index contributed by atoms with van der Waals surface area (Å²) in [5.41, 5.74) is 0.676. The summed E-state index contributed by atoms with van der Waals surface area (Å²) < 4.78 is 18.2. The number of thiazole rings is 1. The van der Waals surface area contributed by atoms with Gasteiger partial charge in [0.2, 0.25) is 5.84 Å². The van der Waals surface area contributed by atoms with E-state index in [1.165, 1.54) is 11.3 Å². The fraction of sp³-hybridized carbons (Fsp3) is 0.600. The molecule has 27 heavy (non-hydrogen) atoms. The van der Waals surface area contributed by atoms with Gasteiger partial charge < -0.3 is 23.2 Å². The summed E-state index contributed by atoms with van der Waals surface area (Å²) in [5.74, 6) is 0.0178. The van der Waals surface area contributed by atoms with E-state index in [4.69, 9.17) is 9.47 Å². The van der Waals surface area contributed by atoms with Crippen molar-refractivity contribution < 1.29 is 19.1 Å². The molecule has 2 aliphatic heterocycles. The lowest BCUT2D eigenvalue weighted by Gasteiger charge is -2.37. The van der Waals surface area contributed by atoms with E-state index in [0.717, 1.165) is 18.1 Å². The van der Waals surface area contributed by atoms with Crippen LogP contribution in [0.5, 0.6) is 0 Å². The summed E-state index contributed by atoms with van der Waals surface area (Å²) in [5, 5.41) is 3.82. The minimum Gasteiger partial charge on any atom is -0.462 e. The smallest absolute Gasteiger partial charge is 0.350 e. The number of aromatic nitrogens is 1. The van der Waals surface area contributed by atoms with Gasteiger partial charge in [0.25, 0.3) is 5.91 Å². The highest BCUT2D eigenvalue weighted by Gasteiger charge is 2.33. The molecular formula is C15H21I2N5O4S. The number of amides is 1. The normalized spacial score (nSPS) is 22.2. The van der Waals surface area contributed by atoms with Gasteiger partial charge in [-0.2, -0.15) is 3.21 Å². The third-order valence-electron chi connectivity index (χ3n) is 4.18. The molecular weight excluding hydrogens is 600 g/mol. The molecule has 2 aliphatic rings. The molecule has 3 heterocycles. The van der Waals surface area contributed by atoms with Gasteiger partial charge in [-0.3, -0.25) is 4.79 Å². The number of rotatable bonds is 6. The molecule has 2 atom stereocenters. The fourth-order valence-electron chi connectivity index (χ4n) is 2.83. The average molecular weight is 621 g/mol. The van der Waals surface area contributed by atoms with Gasteiger partial charge in [0.1, 0.15) is 4.88 Å². The minimum atomic E-state index is -0.334. The minimum absolute atomic E-state index is 0.0779. The number of methoxy groups -OCH3 is 1. The summed E-state index contributed by atoms with van der Waals surface area (Å²) in [6.45, 7) is 5.25. The highest BCUT2D eigenvalue weighted by molar-refractivity contribution is 14.8. The first kappa shape index (κ1) is 21.0. The number of piperidine rings is 1. The van der Waals surface area contributed by atoms with Gasteiger partial charge in [-0.15, -0.1) is 0 Å². The fourth-order valence-corrected chi connectivity index (χ4v) is 9.29. The molecule has 0 spiro atoms. The van der Waals surface area contributed by atoms with Crippen LogP contribution in [0.3, 0.4) is 0 Å². The standard InChI is InChI=1S/C15H21I2N5O4S/c1-4-26-14(24)11-8(2)18-15(27-11)22-6-5-9(10(7-22)25-3)19-13(23)12-20-16-17-21-12/h9-10H,4-7H2,1-3H3,(H,19,23)(H,20,21). The Morgan fingerprint density at radius 2 is 2.30 bits per heavy atom. The van der Waals surface area contributed by atoms with Crippen LogP contribution in [-0.2, 0) is 14.3 Å². The molecule has 0 radical (unpaired) electrons. The van der Waals surface area contributed by atoms with Gasteiger partial charge in [0, 0.05) is 20.2 Å². The van der Waals surface area contributed by atoms with Crippen molar-refractivity contribution >= 4 is 67.9 Å². The van der Waals surface area contributed by atoms with Crippen LogP contribution >= 0.6 is 45.1 Å². The number of halogens is 2. The zero-order chi connectivity index (χ0) is 19.4. The van der Waals surface area contributed by atoms with Crippen LogP contribution in [0.15, 0.2) is 3.21 Å². The monoisotopic (exact) mass is 621 g/mol. The van der Waals surface area contributed by atoms with Gasteiger partial charge in [0.15, 0.2) is 5.13 Å². The molecule has 1 fully saturated rings. The van der Waals surface area contributed by atoms with Crippen molar-refractivity contribution in [1.29, 1.82) is 0 Å². The molecule has 1 amide bonds. The van der Waals surface area contributed by atoms with Crippen LogP contribution < -0.4 is 13.7 Å². The topological polar surface area (TPSA) is 105 Å². The SMILES string of the molecule is CCOC(=O)c1sc(N2CCC(NC(=O)C3=NI=IN3)C(OC)C2)nc1C. The zero-order valence-corrected chi connectivity index (χ0v) is 20.3. The number of aryl methyl sites for hydroxylation is 1. The average Bonchev–Trinajstić information content (AvgIpc) is 3.32. The number of hydrogen-bond donors (Lipinski definition) is 2. The quantitative estimate of drug-likeness (QED) is 0.285. The van der Waals surface area contributed by atoms with Crippen molar-refractivity contribution in [3.63, 3.8) is 0 Å². The number of ether oxygens (including phenoxy) is 2. The summed E-state index contributed by atoms with van der Waals surface area (Å²) in [6.07, 6.45) is 0.569. The number of amidine groups is 1. The van der Waals surface area contributed by atoms with Crippen LogP contribution in [-0.4, -0.2) is 61.6 Å². The molecule has 1 saturated heterocycles. The van der Waals surface area contributed by atoms with E-state index in [0.29, 0.717) is 29.6 Å². The van der Waals surface area contributed by atoms with Crippen LogP contribution in [0.4, 0.5) is 5.13 Å². The first-order valence-electron chi connectivity index (χ1n) is 8.38. The Balaban J connectivity index is 1.65. The first-order valence-corrected chi connectivity index (χ1v) is 17.5. The van der Waals surface area contributed by atoms with Gasteiger partial charge in [-0.1, -0.05) is 11.3 Å². The van der Waals surface area contributed by atoms with E-state index in [1.54, 1.807) is 14.0 Å². The number of nitrogens with zero attached hydrogens (tertiary/aromatic N) is 3. The van der Waals surface area contributed by atoms with Crippen molar-refractivity contribution in [2.45, 2.75) is 32.4 Å². The van der Waals surface area contributed by atoms with Gasteiger partial charge >= 0.3 is 5.97 Å². The van der Waals surface area contributed by atoms with E-state index in [9.17, 15) is 9.59 Å². The van der Waals surface area contributed by atoms with Crippen molar-refractivity contribution in [2.24, 2.45) is 3.21 Å². The Bertz CT molecular complexity index is 784. The van der Waals surface area contributed by atoms with Crippen molar-refractivity contribution in [2.75, 3.05) is 31.7 Å². The summed E-state index contributed by atoms with van der Waals surface area (Å²) in [6, 6.07) is -0.0779. The second-order valence-corrected chi connectivity index (χ2v) is 13.8. The largest absolute Gasteiger partial charge is 0.462 e. The molecule has 1 aromatic heterocycles. The Morgan fingerprint density at radius 1 is 1.48 bits per heavy atom. The summed E-state index contributed by atoms with van der Waals surface area (Å²) in [7, 11) is 1.65. The predicted octanol–water partition coefficient (Wildman–Crippen LogP) is 2.03. The molecule has 2 unspecified atom stereocenters. The van der Waals surface area contributed by atoms with E-state index in [-0.39, 0.29) is 57.8 Å². The number of anilines is 1. The van der Waals surface area contributed by atoms with E-state index >= 15 is 0 Å². The second-order valence-electron chi connectivity index (χ2n) is 5.88. The van der Waals surface area contributed by atoms with Gasteiger partial charge in [-0.25, -0.2) is 9.78 Å². The maximum atomic E-state index is 12.3. The summed E-state index contributed by atoms with van der Waals surface area (Å²) in [4.78, 5) is 31.5. The number of esters is 1. The number of nitrogens with one attached hydrogen (secondary N) is 2. The van der Waals surface area contributed by atoms with Crippen molar-refractivity contribution in [3.8, 4) is 0 Å². The Morgan fingerprint density at radius 3 is 2.96 bits per heavy atom. The lowest BCUT2D eigenvalue weighted by molar-refractivity contribution is -0.116. The molecule has 0 aromatic carbocycles. The number of carbonyl (C=O) groups is 2. The maximum Gasteiger partial charge on any atom is 0.350 e. The molecule has 3 rings (SSSR count). The van der Waals surface area contributed by atoms with E-state index < -0.39 is 0 Å². The van der Waals surface area contributed by atoms with Crippen LogP contribution in [0, 0.1) is 6.92 Å². The third kappa shape index (κ3) is 5.00. The van der Waals surface area contributed by atoms with Crippen molar-refractivity contribution in [3.05, 3.63) is 10.6 Å². The van der Waals surface area contributed by atoms with Crippen LogP contribution in [0.25, 0.3) is 0 Å². The Kier molecular flexibility index (Phi) is 7.49. The number of hydrogen-bond acceptors (Lipinski definition) is 9. The molecule has 2 N–H and O–H groups in total. The maximum absolute atomic E-state index is 12.3. The van der Waals surface area contributed by atoms with Crippen LogP contribution in [0.2, 0.25) is 0 Å². The second kappa shape index (κ2) is 9.65. The molecule has 0 aliphatic carbocycles. The predicted molar refractivity (Wildman–Crippen MR) is 121 cm³/mol. The van der Waals surface area contributed by atoms with E-state index in [2.05, 4.69) is 21.9 Å². The molecule has 9 nitrogen and oxygen atoms in total. The highest BCUT2D eigenvalue weighted by Crippen LogP contribution is 2.29. The molecule has 150 valence electrons. The number of carbonyl (C=O) groups excluding carboxylic acids is 2. The lowest BCUT2D eigenvalue weighted by Crippen LogP contribution is -2.56. The van der Waals surface area contributed by atoms with Gasteiger partial charge in [0.05, 0.1) is 58.2 Å². The molecule has 0 saturated carbocycles. The van der Waals surface area contributed by atoms with Gasteiger partial charge in [-0.05, 0) is 20.3 Å².